The Bertz CT molecular complexity index is 770. The van der Waals surface area contributed by atoms with Crippen LogP contribution in [0.25, 0.3) is 11.1 Å². The first-order valence-electron chi connectivity index (χ1n) is 7.60. The Balaban J connectivity index is 2.32. The smallest absolute Gasteiger partial charge is 0.407 e. The molecule has 0 bridgehead atoms. The summed E-state index contributed by atoms with van der Waals surface area (Å²) in [6, 6.07) is 11.6. The molecule has 5 nitrogen and oxygen atoms in total. The van der Waals surface area contributed by atoms with Crippen molar-refractivity contribution >= 4 is 17.7 Å². The third-order valence-electron chi connectivity index (χ3n) is 3.80. The molecule has 0 radical (unpaired) electrons. The molecule has 0 unspecified atom stereocenters. The minimum atomic E-state index is -0.977. The summed E-state index contributed by atoms with van der Waals surface area (Å²) < 4.78 is 1.73. The van der Waals surface area contributed by atoms with Crippen LogP contribution in [0.2, 0.25) is 5.15 Å². The summed E-state index contributed by atoms with van der Waals surface area (Å²) in [7, 11) is 0. The highest BCUT2D eigenvalue weighted by molar-refractivity contribution is 6.32. The molecule has 0 atom stereocenters. The first-order valence-corrected chi connectivity index (χ1v) is 7.98. The molecule has 1 N–H and O–H groups in total. The predicted molar refractivity (Wildman–Crippen MR) is 94.1 cm³/mol. The van der Waals surface area contributed by atoms with Crippen LogP contribution in [0.1, 0.15) is 26.3 Å². The van der Waals surface area contributed by atoms with Crippen molar-refractivity contribution in [3.05, 3.63) is 47.2 Å². The third kappa shape index (κ3) is 3.72. The number of hydrogen-bond donors (Lipinski definition) is 1. The van der Waals surface area contributed by atoms with Crippen LogP contribution in [0.15, 0.2) is 36.5 Å². The summed E-state index contributed by atoms with van der Waals surface area (Å²) in [5.74, 6) is 0. The zero-order valence-electron chi connectivity index (χ0n) is 14.0. The number of carboxylic acid groups (broad SMARTS) is 1. The van der Waals surface area contributed by atoms with Crippen LogP contribution in [0.3, 0.4) is 0 Å². The predicted octanol–water partition coefficient (Wildman–Crippen LogP) is 4.46. The minimum Gasteiger partial charge on any atom is -0.465 e. The van der Waals surface area contributed by atoms with Crippen molar-refractivity contribution < 1.29 is 9.90 Å². The highest BCUT2D eigenvalue weighted by atomic mass is 35.5. The summed E-state index contributed by atoms with van der Waals surface area (Å²) in [5, 5.41) is 19.2. The lowest BCUT2D eigenvalue weighted by Crippen LogP contribution is -2.46. The van der Waals surface area contributed by atoms with Gasteiger partial charge in [0.25, 0.3) is 0 Å². The summed E-state index contributed by atoms with van der Waals surface area (Å²) >= 11 is 6.47. The largest absolute Gasteiger partial charge is 0.465 e. The molecule has 2 rings (SSSR count). The van der Waals surface area contributed by atoms with Gasteiger partial charge in [-0.3, -0.25) is 0 Å². The number of hydrogen-bond acceptors (Lipinski definition) is 2. The van der Waals surface area contributed by atoms with E-state index in [0.717, 1.165) is 5.56 Å². The summed E-state index contributed by atoms with van der Waals surface area (Å²) in [4.78, 5) is 12.8. The average molecular weight is 346 g/mol. The Morgan fingerprint density at radius 3 is 2.46 bits per heavy atom. The second-order valence-corrected chi connectivity index (χ2v) is 6.84. The Hall–Kier alpha value is -2.45. The van der Waals surface area contributed by atoms with Gasteiger partial charge in [0.15, 0.2) is 0 Å². The van der Waals surface area contributed by atoms with E-state index >= 15 is 0 Å². The maximum Gasteiger partial charge on any atom is 0.407 e. The number of nitriles is 1. The molecule has 126 valence electrons. The summed E-state index contributed by atoms with van der Waals surface area (Å²) in [6.45, 7) is 6.19. The third-order valence-corrected chi connectivity index (χ3v) is 4.21. The number of aromatic nitrogens is 1. The van der Waals surface area contributed by atoms with E-state index in [1.807, 2.05) is 51.1 Å². The van der Waals surface area contributed by atoms with E-state index in [2.05, 4.69) is 6.07 Å². The lowest BCUT2D eigenvalue weighted by Gasteiger charge is -2.33. The van der Waals surface area contributed by atoms with Crippen molar-refractivity contribution in [3.8, 4) is 17.2 Å². The molecule has 0 aliphatic carbocycles. The molecule has 0 aliphatic rings. The van der Waals surface area contributed by atoms with E-state index in [1.165, 1.54) is 4.90 Å². The number of halogens is 1. The molecule has 1 aromatic carbocycles. The highest BCUT2D eigenvalue weighted by Crippen LogP contribution is 2.33. The van der Waals surface area contributed by atoms with Crippen LogP contribution in [-0.4, -0.2) is 32.8 Å². The number of benzene rings is 1. The molecule has 0 spiro atoms. The van der Waals surface area contributed by atoms with Crippen molar-refractivity contribution in [1.82, 2.24) is 9.47 Å². The van der Waals surface area contributed by atoms with Gasteiger partial charge in [-0.25, -0.2) is 4.79 Å². The standard InChI is InChI=1S/C18H20ClN3O2/c1-18(2,3)22(17(23)24)10-9-21-12-14(11-20)15(16(21)19)13-7-5-4-6-8-13/h4-8,12H,9-10H2,1-3H3,(H,23,24). The molecule has 1 aromatic heterocycles. The van der Waals surface area contributed by atoms with E-state index in [0.29, 0.717) is 22.8 Å². The Kier molecular flexibility index (Phi) is 5.20. The quantitative estimate of drug-likeness (QED) is 0.889. The number of carbonyl (C=O) groups is 1. The van der Waals surface area contributed by atoms with Crippen LogP contribution >= 0.6 is 11.6 Å². The van der Waals surface area contributed by atoms with E-state index in [4.69, 9.17) is 11.6 Å². The van der Waals surface area contributed by atoms with Gasteiger partial charge in [0.05, 0.1) is 5.56 Å². The lowest BCUT2D eigenvalue weighted by atomic mass is 10.1. The molecule has 1 amide bonds. The van der Waals surface area contributed by atoms with Crippen molar-refractivity contribution in [2.45, 2.75) is 32.9 Å². The molecule has 2 aromatic rings. The van der Waals surface area contributed by atoms with Gasteiger partial charge in [-0.15, -0.1) is 0 Å². The van der Waals surface area contributed by atoms with E-state index in [1.54, 1.807) is 10.8 Å². The molecule has 24 heavy (non-hydrogen) atoms. The second kappa shape index (κ2) is 6.98. The molecule has 1 heterocycles. The summed E-state index contributed by atoms with van der Waals surface area (Å²) in [6.07, 6.45) is 0.697. The van der Waals surface area contributed by atoms with Crippen LogP contribution in [0, 0.1) is 11.3 Å². The fourth-order valence-electron chi connectivity index (χ4n) is 2.58. The second-order valence-electron chi connectivity index (χ2n) is 6.48. The first-order chi connectivity index (χ1) is 11.3. The van der Waals surface area contributed by atoms with E-state index in [-0.39, 0.29) is 6.54 Å². The van der Waals surface area contributed by atoms with Gasteiger partial charge >= 0.3 is 6.09 Å². The van der Waals surface area contributed by atoms with Gasteiger partial charge in [0, 0.05) is 30.4 Å². The van der Waals surface area contributed by atoms with Gasteiger partial charge in [-0.05, 0) is 26.3 Å². The van der Waals surface area contributed by atoms with Gasteiger partial charge in [0.1, 0.15) is 11.2 Å². The average Bonchev–Trinajstić information content (AvgIpc) is 2.83. The Labute approximate surface area is 146 Å². The minimum absolute atomic E-state index is 0.284. The molecule has 6 heteroatoms. The summed E-state index contributed by atoms with van der Waals surface area (Å²) in [5.41, 5.74) is 1.51. The molecule has 0 saturated heterocycles. The Morgan fingerprint density at radius 2 is 1.96 bits per heavy atom. The normalized spacial score (nSPS) is 11.1. The zero-order valence-corrected chi connectivity index (χ0v) is 14.7. The van der Waals surface area contributed by atoms with Crippen LogP contribution in [0.5, 0.6) is 0 Å². The molecular formula is C18H20ClN3O2. The van der Waals surface area contributed by atoms with Gasteiger partial charge in [0.2, 0.25) is 0 Å². The first kappa shape index (κ1) is 17.9. The van der Waals surface area contributed by atoms with Gasteiger partial charge in [-0.2, -0.15) is 5.26 Å². The van der Waals surface area contributed by atoms with Crippen molar-refractivity contribution in [2.24, 2.45) is 0 Å². The number of amides is 1. The number of rotatable bonds is 4. The maximum atomic E-state index is 11.4. The van der Waals surface area contributed by atoms with Crippen LogP contribution < -0.4 is 0 Å². The van der Waals surface area contributed by atoms with E-state index in [9.17, 15) is 15.2 Å². The van der Waals surface area contributed by atoms with E-state index < -0.39 is 11.6 Å². The lowest BCUT2D eigenvalue weighted by molar-refractivity contribution is 0.0979. The van der Waals surface area contributed by atoms with Crippen molar-refractivity contribution in [2.75, 3.05) is 6.54 Å². The number of nitrogens with zero attached hydrogens (tertiary/aromatic N) is 3. The topological polar surface area (TPSA) is 69.3 Å². The molecule has 0 fully saturated rings. The van der Waals surface area contributed by atoms with Crippen molar-refractivity contribution in [3.63, 3.8) is 0 Å². The Morgan fingerprint density at radius 1 is 1.33 bits per heavy atom. The highest BCUT2D eigenvalue weighted by Gasteiger charge is 2.26. The fraction of sp³-hybridized carbons (Fsp3) is 0.333. The van der Waals surface area contributed by atoms with Crippen molar-refractivity contribution in [1.29, 1.82) is 5.26 Å². The fourth-order valence-corrected chi connectivity index (χ4v) is 2.93. The molecule has 0 saturated carbocycles. The van der Waals surface area contributed by atoms with Crippen LogP contribution in [0.4, 0.5) is 4.79 Å². The molecular weight excluding hydrogens is 326 g/mol. The van der Waals surface area contributed by atoms with Gasteiger partial charge < -0.3 is 14.6 Å². The zero-order chi connectivity index (χ0) is 17.9. The molecule has 0 aliphatic heterocycles. The SMILES string of the molecule is CC(C)(C)N(CCn1cc(C#N)c(-c2ccccc2)c1Cl)C(=O)O. The maximum absolute atomic E-state index is 11.4. The van der Waals surface area contributed by atoms with Gasteiger partial charge in [-0.1, -0.05) is 41.9 Å². The monoisotopic (exact) mass is 345 g/mol. The van der Waals surface area contributed by atoms with Crippen LogP contribution in [-0.2, 0) is 6.54 Å².